The fourth-order valence-electron chi connectivity index (χ4n) is 4.00. The number of hydrogen-bond donors (Lipinski definition) is 1. The zero-order valence-corrected chi connectivity index (χ0v) is 15.2. The summed E-state index contributed by atoms with van der Waals surface area (Å²) in [7, 11) is 0. The van der Waals surface area contributed by atoms with Crippen LogP contribution < -0.4 is 5.32 Å². The van der Waals surface area contributed by atoms with E-state index < -0.39 is 0 Å². The fraction of sp³-hybridized carbons (Fsp3) is 0.350. The zero-order chi connectivity index (χ0) is 16.6. The molecule has 1 fully saturated rings. The molecule has 4 rings (SSSR count). The Hall–Kier alpha value is -1.65. The van der Waals surface area contributed by atoms with Crippen molar-refractivity contribution in [3.63, 3.8) is 0 Å². The SMILES string of the molecule is O=C1NCc2ccccc2CC12CCN(Cc1ccccc1Br)C2. The molecular weight excluding hydrogens is 364 g/mol. The lowest BCUT2D eigenvalue weighted by molar-refractivity contribution is -0.130. The number of rotatable bonds is 2. The van der Waals surface area contributed by atoms with Crippen LogP contribution in [-0.2, 0) is 24.3 Å². The highest BCUT2D eigenvalue weighted by Gasteiger charge is 2.45. The summed E-state index contributed by atoms with van der Waals surface area (Å²) in [5, 5.41) is 3.15. The highest BCUT2D eigenvalue weighted by atomic mass is 79.9. The number of likely N-dealkylation sites (tertiary alicyclic amines) is 1. The zero-order valence-electron chi connectivity index (χ0n) is 13.6. The number of nitrogens with one attached hydrogen (secondary N) is 1. The maximum atomic E-state index is 12.8. The predicted octanol–water partition coefficient (Wildman–Crippen LogP) is 3.51. The normalized spacial score (nSPS) is 23.8. The highest BCUT2D eigenvalue weighted by Crippen LogP contribution is 2.38. The third kappa shape index (κ3) is 2.89. The summed E-state index contributed by atoms with van der Waals surface area (Å²) < 4.78 is 1.14. The van der Waals surface area contributed by atoms with Gasteiger partial charge in [0.1, 0.15) is 0 Å². The van der Waals surface area contributed by atoms with Gasteiger partial charge in [-0.1, -0.05) is 58.4 Å². The number of nitrogens with zero attached hydrogens (tertiary/aromatic N) is 1. The van der Waals surface area contributed by atoms with Crippen molar-refractivity contribution in [2.45, 2.75) is 25.9 Å². The Labute approximate surface area is 151 Å². The summed E-state index contributed by atoms with van der Waals surface area (Å²) in [6.45, 7) is 3.34. The molecule has 1 amide bonds. The van der Waals surface area contributed by atoms with Crippen LogP contribution in [0.15, 0.2) is 53.0 Å². The van der Waals surface area contributed by atoms with E-state index in [1.54, 1.807) is 0 Å². The Bertz CT molecular complexity index is 776. The van der Waals surface area contributed by atoms with Gasteiger partial charge in [-0.05, 0) is 42.1 Å². The van der Waals surface area contributed by atoms with Crippen molar-refractivity contribution in [2.24, 2.45) is 5.41 Å². The van der Waals surface area contributed by atoms with Gasteiger partial charge in [0.25, 0.3) is 0 Å². The average molecular weight is 385 g/mol. The number of fused-ring (bicyclic) bond motifs is 1. The van der Waals surface area contributed by atoms with Crippen LogP contribution in [0.2, 0.25) is 0 Å². The molecule has 24 heavy (non-hydrogen) atoms. The minimum Gasteiger partial charge on any atom is -0.351 e. The van der Waals surface area contributed by atoms with Crippen LogP contribution in [0.5, 0.6) is 0 Å². The van der Waals surface area contributed by atoms with E-state index in [4.69, 9.17) is 0 Å². The standard InChI is InChI=1S/C20H21BrN2O/c21-18-8-4-3-7-17(18)13-23-10-9-20(14-23)11-15-5-1-2-6-16(15)12-22-19(20)24/h1-8H,9-14H2,(H,22,24). The van der Waals surface area contributed by atoms with E-state index in [0.29, 0.717) is 6.54 Å². The maximum absolute atomic E-state index is 12.8. The molecule has 1 saturated heterocycles. The van der Waals surface area contributed by atoms with E-state index in [-0.39, 0.29) is 11.3 Å². The second-order valence-electron chi connectivity index (χ2n) is 6.96. The van der Waals surface area contributed by atoms with Crippen molar-refractivity contribution >= 4 is 21.8 Å². The van der Waals surface area contributed by atoms with Crippen LogP contribution >= 0.6 is 15.9 Å². The molecule has 0 aliphatic carbocycles. The molecule has 1 spiro atoms. The summed E-state index contributed by atoms with van der Waals surface area (Å²) in [5.41, 5.74) is 3.57. The van der Waals surface area contributed by atoms with Gasteiger partial charge in [0, 0.05) is 24.1 Å². The lowest BCUT2D eigenvalue weighted by atomic mass is 9.80. The maximum Gasteiger partial charge on any atom is 0.228 e. The molecule has 1 N–H and O–H groups in total. The molecule has 2 aliphatic rings. The van der Waals surface area contributed by atoms with Crippen molar-refractivity contribution in [1.82, 2.24) is 10.2 Å². The number of carbonyl (C=O) groups excluding carboxylic acids is 1. The third-order valence-corrected chi connectivity index (χ3v) is 6.13. The van der Waals surface area contributed by atoms with Gasteiger partial charge >= 0.3 is 0 Å². The number of hydrogen-bond acceptors (Lipinski definition) is 2. The Morgan fingerprint density at radius 1 is 1.08 bits per heavy atom. The van der Waals surface area contributed by atoms with Crippen molar-refractivity contribution in [2.75, 3.05) is 13.1 Å². The minimum atomic E-state index is -0.284. The highest BCUT2D eigenvalue weighted by molar-refractivity contribution is 9.10. The molecule has 124 valence electrons. The van der Waals surface area contributed by atoms with Crippen LogP contribution in [-0.4, -0.2) is 23.9 Å². The molecule has 4 heteroatoms. The van der Waals surface area contributed by atoms with Gasteiger partial charge < -0.3 is 5.32 Å². The molecule has 0 aromatic heterocycles. The lowest BCUT2D eigenvalue weighted by Gasteiger charge is -2.26. The Kier molecular flexibility index (Phi) is 4.19. The monoisotopic (exact) mass is 384 g/mol. The smallest absolute Gasteiger partial charge is 0.228 e. The van der Waals surface area contributed by atoms with Gasteiger partial charge in [0.05, 0.1) is 5.41 Å². The lowest BCUT2D eigenvalue weighted by Crippen LogP contribution is -2.42. The molecule has 2 aromatic rings. The van der Waals surface area contributed by atoms with Gasteiger partial charge in [-0.15, -0.1) is 0 Å². The van der Waals surface area contributed by atoms with E-state index in [0.717, 1.165) is 36.9 Å². The Morgan fingerprint density at radius 2 is 1.83 bits per heavy atom. The van der Waals surface area contributed by atoms with Crippen LogP contribution in [0.4, 0.5) is 0 Å². The predicted molar refractivity (Wildman–Crippen MR) is 98.5 cm³/mol. The van der Waals surface area contributed by atoms with Crippen LogP contribution in [0.1, 0.15) is 23.1 Å². The van der Waals surface area contributed by atoms with Gasteiger partial charge in [0.15, 0.2) is 0 Å². The average Bonchev–Trinajstić information content (AvgIpc) is 2.93. The summed E-state index contributed by atoms with van der Waals surface area (Å²) in [4.78, 5) is 15.2. The van der Waals surface area contributed by atoms with Gasteiger partial charge in [0.2, 0.25) is 5.91 Å². The molecule has 3 nitrogen and oxygen atoms in total. The number of amides is 1. The summed E-state index contributed by atoms with van der Waals surface area (Å²) >= 11 is 3.63. The fourth-order valence-corrected chi connectivity index (χ4v) is 4.41. The van der Waals surface area contributed by atoms with Gasteiger partial charge in [-0.25, -0.2) is 0 Å². The van der Waals surface area contributed by atoms with Crippen LogP contribution in [0.3, 0.4) is 0 Å². The quantitative estimate of drug-likeness (QED) is 0.858. The number of halogens is 1. The molecule has 1 unspecified atom stereocenters. The van der Waals surface area contributed by atoms with Gasteiger partial charge in [-0.3, -0.25) is 9.69 Å². The third-order valence-electron chi connectivity index (χ3n) is 5.35. The topological polar surface area (TPSA) is 32.3 Å². The Morgan fingerprint density at radius 3 is 2.67 bits per heavy atom. The molecule has 0 bridgehead atoms. The molecule has 2 aliphatic heterocycles. The van der Waals surface area contributed by atoms with Crippen molar-refractivity contribution in [1.29, 1.82) is 0 Å². The van der Waals surface area contributed by atoms with Crippen molar-refractivity contribution in [3.05, 3.63) is 69.7 Å². The molecule has 2 aromatic carbocycles. The largest absolute Gasteiger partial charge is 0.351 e. The van der Waals surface area contributed by atoms with Crippen LogP contribution in [0, 0.1) is 5.41 Å². The molecular formula is C20H21BrN2O. The Balaban J connectivity index is 1.56. The van der Waals surface area contributed by atoms with Crippen molar-refractivity contribution < 1.29 is 4.79 Å². The first-order chi connectivity index (χ1) is 11.7. The first kappa shape index (κ1) is 15.9. The second-order valence-corrected chi connectivity index (χ2v) is 7.81. The minimum absolute atomic E-state index is 0.216. The second kappa shape index (κ2) is 6.34. The molecule has 2 heterocycles. The molecule has 0 radical (unpaired) electrons. The van der Waals surface area contributed by atoms with E-state index >= 15 is 0 Å². The van der Waals surface area contributed by atoms with E-state index in [1.165, 1.54) is 16.7 Å². The number of carbonyl (C=O) groups is 1. The summed E-state index contributed by atoms with van der Waals surface area (Å²) in [6.07, 6.45) is 1.78. The van der Waals surface area contributed by atoms with E-state index in [9.17, 15) is 4.79 Å². The first-order valence-electron chi connectivity index (χ1n) is 8.47. The first-order valence-corrected chi connectivity index (χ1v) is 9.26. The molecule has 0 saturated carbocycles. The van der Waals surface area contributed by atoms with Crippen molar-refractivity contribution in [3.8, 4) is 0 Å². The molecule has 1 atom stereocenters. The van der Waals surface area contributed by atoms with Crippen LogP contribution in [0.25, 0.3) is 0 Å². The number of benzene rings is 2. The summed E-state index contributed by atoms with van der Waals surface area (Å²) in [5.74, 6) is 0.216. The summed E-state index contributed by atoms with van der Waals surface area (Å²) in [6, 6.07) is 16.8. The van der Waals surface area contributed by atoms with Gasteiger partial charge in [-0.2, -0.15) is 0 Å². The van der Waals surface area contributed by atoms with E-state index in [1.807, 2.05) is 6.07 Å². The van der Waals surface area contributed by atoms with E-state index in [2.05, 4.69) is 68.6 Å².